The number of oxime groups is 1. The Labute approximate surface area is 57.6 Å². The van der Waals surface area contributed by atoms with Crippen molar-refractivity contribution in [1.82, 2.24) is 5.48 Å². The Morgan fingerprint density at radius 1 is 1.70 bits per heavy atom. The average Bonchev–Trinajstić information content (AvgIpc) is 2.13. The molecule has 1 saturated heterocycles. The molecule has 5 nitrogen and oxygen atoms in total. The summed E-state index contributed by atoms with van der Waals surface area (Å²) in [5, 5.41) is 11.1. The van der Waals surface area contributed by atoms with E-state index in [1.807, 2.05) is 0 Å². The first-order valence-corrected chi connectivity index (χ1v) is 2.93. The maximum atomic E-state index is 10.8. The van der Waals surface area contributed by atoms with Gasteiger partial charge in [-0.2, -0.15) is 5.48 Å². The molecule has 1 rings (SSSR count). The zero-order chi connectivity index (χ0) is 7.40. The largest absolute Gasteiger partial charge is 0.410 e. The lowest BCUT2D eigenvalue weighted by Crippen LogP contribution is -2.23. The molecule has 0 unspecified atom stereocenters. The van der Waals surface area contributed by atoms with E-state index in [4.69, 9.17) is 10.0 Å². The van der Waals surface area contributed by atoms with E-state index in [9.17, 15) is 4.79 Å². The van der Waals surface area contributed by atoms with Crippen molar-refractivity contribution in [1.29, 1.82) is 0 Å². The van der Waals surface area contributed by atoms with Gasteiger partial charge in [-0.1, -0.05) is 5.16 Å². The normalized spacial score (nSPS) is 24.8. The molecule has 10 heavy (non-hydrogen) atoms. The Kier molecular flexibility index (Phi) is 2.35. The van der Waals surface area contributed by atoms with Gasteiger partial charge in [0.25, 0.3) is 0 Å². The van der Waals surface area contributed by atoms with Crippen molar-refractivity contribution in [3.8, 4) is 0 Å². The van der Waals surface area contributed by atoms with Crippen LogP contribution in [0.4, 0.5) is 0 Å². The van der Waals surface area contributed by atoms with Gasteiger partial charge in [0.05, 0.1) is 13.2 Å². The van der Waals surface area contributed by atoms with Crippen molar-refractivity contribution in [2.75, 3.05) is 13.2 Å². The van der Waals surface area contributed by atoms with Gasteiger partial charge in [0.1, 0.15) is 5.71 Å². The van der Waals surface area contributed by atoms with Crippen LogP contribution in [0.3, 0.4) is 0 Å². The fourth-order valence-electron chi connectivity index (χ4n) is 0.669. The molecule has 1 fully saturated rings. The van der Waals surface area contributed by atoms with Gasteiger partial charge in [0, 0.05) is 6.42 Å². The topological polar surface area (TPSA) is 70.9 Å². The summed E-state index contributed by atoms with van der Waals surface area (Å²) >= 11 is 0. The summed E-state index contributed by atoms with van der Waals surface area (Å²) in [6.45, 7) is 0.507. The second-order valence-corrected chi connectivity index (χ2v) is 1.89. The highest BCUT2D eigenvalue weighted by Crippen LogP contribution is 1.92. The number of Topliss-reactive ketones (excluding diaryl/α,β-unsaturated/α-hetero) is 1. The predicted molar refractivity (Wildman–Crippen MR) is 32.8 cm³/mol. The van der Waals surface area contributed by atoms with Crippen LogP contribution in [0.1, 0.15) is 6.42 Å². The van der Waals surface area contributed by atoms with Gasteiger partial charge in [-0.15, -0.1) is 0 Å². The molecule has 56 valence electrons. The van der Waals surface area contributed by atoms with Crippen molar-refractivity contribution >= 4 is 11.5 Å². The Morgan fingerprint density at radius 3 is 3.20 bits per heavy atom. The van der Waals surface area contributed by atoms with Crippen molar-refractivity contribution in [2.24, 2.45) is 5.16 Å². The van der Waals surface area contributed by atoms with Crippen LogP contribution in [0.5, 0.6) is 0 Å². The van der Waals surface area contributed by atoms with E-state index in [2.05, 4.69) is 10.6 Å². The van der Waals surface area contributed by atoms with Crippen LogP contribution in [0.15, 0.2) is 5.16 Å². The van der Waals surface area contributed by atoms with Gasteiger partial charge in [-0.05, 0) is 0 Å². The molecule has 1 heterocycles. The van der Waals surface area contributed by atoms with Gasteiger partial charge >= 0.3 is 0 Å². The number of hydrogen-bond acceptors (Lipinski definition) is 5. The lowest BCUT2D eigenvalue weighted by molar-refractivity contribution is -0.113. The smallest absolute Gasteiger partial charge is 0.184 e. The highest BCUT2D eigenvalue weighted by Gasteiger charge is 2.14. The molecule has 0 spiro atoms. The molecule has 0 radical (unpaired) electrons. The lowest BCUT2D eigenvalue weighted by atomic mass is 10.2. The van der Waals surface area contributed by atoms with Gasteiger partial charge in [0.15, 0.2) is 5.78 Å². The van der Waals surface area contributed by atoms with E-state index in [-0.39, 0.29) is 24.5 Å². The fourth-order valence-corrected chi connectivity index (χ4v) is 0.669. The molecule has 5 heteroatoms. The second kappa shape index (κ2) is 3.28. The molecular weight excluding hydrogens is 136 g/mol. The summed E-state index contributed by atoms with van der Waals surface area (Å²) < 4.78 is 0. The number of nitrogens with one attached hydrogen (secondary N) is 1. The molecule has 0 bridgehead atoms. The number of hydroxylamine groups is 1. The van der Waals surface area contributed by atoms with Crippen molar-refractivity contribution in [3.63, 3.8) is 0 Å². The monoisotopic (exact) mass is 144 g/mol. The van der Waals surface area contributed by atoms with Crippen molar-refractivity contribution < 1.29 is 14.8 Å². The molecule has 0 saturated carbocycles. The SMILES string of the molecule is O=C1CCONCC1=NO. The first kappa shape index (κ1) is 7.17. The standard InChI is InChI=1S/C5H8N2O3/c8-5-1-2-10-6-3-4(5)7-9/h6,9H,1-3H2. The number of ketones is 1. The predicted octanol–water partition coefficient (Wildman–Crippen LogP) is -0.689. The molecule has 0 amide bonds. The molecule has 0 atom stereocenters. The highest BCUT2D eigenvalue weighted by molar-refractivity contribution is 6.40. The molecule has 2 N–H and O–H groups in total. The van der Waals surface area contributed by atoms with Gasteiger partial charge in [-0.3, -0.25) is 4.79 Å². The second-order valence-electron chi connectivity index (χ2n) is 1.89. The third-order valence-electron chi connectivity index (χ3n) is 1.22. The van der Waals surface area contributed by atoms with E-state index in [1.54, 1.807) is 0 Å². The number of hydrogen-bond donors (Lipinski definition) is 2. The third-order valence-corrected chi connectivity index (χ3v) is 1.22. The van der Waals surface area contributed by atoms with E-state index >= 15 is 0 Å². The zero-order valence-electron chi connectivity index (χ0n) is 5.33. The summed E-state index contributed by atoms with van der Waals surface area (Å²) in [5.41, 5.74) is 2.59. The molecule has 0 aromatic heterocycles. The van der Waals surface area contributed by atoms with Crippen LogP contribution >= 0.6 is 0 Å². The van der Waals surface area contributed by atoms with Crippen LogP contribution in [0, 0.1) is 0 Å². The molecule has 0 aromatic carbocycles. The zero-order valence-corrected chi connectivity index (χ0v) is 5.33. The van der Waals surface area contributed by atoms with Gasteiger partial charge in [-0.25, -0.2) is 0 Å². The van der Waals surface area contributed by atoms with Crippen molar-refractivity contribution in [3.05, 3.63) is 0 Å². The Balaban J connectivity index is 2.61. The van der Waals surface area contributed by atoms with Crippen LogP contribution in [0.25, 0.3) is 0 Å². The molecule has 1 aliphatic rings. The summed E-state index contributed by atoms with van der Waals surface area (Å²) in [6.07, 6.45) is 0.270. The van der Waals surface area contributed by atoms with Crippen LogP contribution in [-0.2, 0) is 9.63 Å². The minimum atomic E-state index is -0.174. The Bertz CT molecular complexity index is 166. The quantitative estimate of drug-likeness (QED) is 0.348. The third kappa shape index (κ3) is 1.52. The molecular formula is C5H8N2O3. The number of rotatable bonds is 0. The first-order chi connectivity index (χ1) is 4.84. The molecule has 1 aliphatic heterocycles. The summed E-state index contributed by atoms with van der Waals surface area (Å²) in [5.74, 6) is -0.174. The number of carbonyl (C=O) groups is 1. The molecule has 0 aliphatic carbocycles. The first-order valence-electron chi connectivity index (χ1n) is 2.93. The number of nitrogens with zero attached hydrogens (tertiary/aromatic N) is 1. The average molecular weight is 144 g/mol. The summed E-state index contributed by atoms with van der Waals surface area (Å²) in [7, 11) is 0. The Hall–Kier alpha value is -0.940. The van der Waals surface area contributed by atoms with Gasteiger partial charge < -0.3 is 10.0 Å². The van der Waals surface area contributed by atoms with E-state index in [1.165, 1.54) is 0 Å². The summed E-state index contributed by atoms with van der Waals surface area (Å²) in [6, 6.07) is 0. The highest BCUT2D eigenvalue weighted by atomic mass is 16.6. The summed E-state index contributed by atoms with van der Waals surface area (Å²) in [4.78, 5) is 15.6. The van der Waals surface area contributed by atoms with Crippen molar-refractivity contribution in [2.45, 2.75) is 6.42 Å². The maximum Gasteiger partial charge on any atom is 0.184 e. The Morgan fingerprint density at radius 2 is 2.50 bits per heavy atom. The minimum Gasteiger partial charge on any atom is -0.410 e. The number of carbonyl (C=O) groups excluding carboxylic acids is 1. The van der Waals surface area contributed by atoms with E-state index in [0.717, 1.165) is 0 Å². The van der Waals surface area contributed by atoms with E-state index < -0.39 is 0 Å². The van der Waals surface area contributed by atoms with E-state index in [0.29, 0.717) is 6.61 Å². The van der Waals surface area contributed by atoms with Crippen LogP contribution in [-0.4, -0.2) is 29.9 Å². The minimum absolute atomic E-state index is 0.123. The maximum absolute atomic E-state index is 10.8. The van der Waals surface area contributed by atoms with Crippen LogP contribution in [0.2, 0.25) is 0 Å². The van der Waals surface area contributed by atoms with Crippen LogP contribution < -0.4 is 5.48 Å². The van der Waals surface area contributed by atoms with Gasteiger partial charge in [0.2, 0.25) is 0 Å². The fraction of sp³-hybridized carbons (Fsp3) is 0.600. The molecule has 0 aromatic rings. The lowest BCUT2D eigenvalue weighted by Gasteiger charge is -1.95.